The average Bonchev–Trinajstić information content (AvgIpc) is 2.11. The van der Waals surface area contributed by atoms with Crippen molar-refractivity contribution in [2.24, 2.45) is 5.14 Å². The van der Waals surface area contributed by atoms with Crippen molar-refractivity contribution in [3.05, 3.63) is 29.8 Å². The second kappa shape index (κ2) is 5.11. The first-order valence-corrected chi connectivity index (χ1v) is 6.18. The summed E-state index contributed by atoms with van der Waals surface area (Å²) >= 11 is 0. The molecule has 0 spiro atoms. The minimum absolute atomic E-state index is 0.0915. The average molecular weight is 230 g/mol. The Balaban J connectivity index is 2.32. The molecule has 1 aromatic rings. The molecule has 0 heterocycles. The molecule has 0 aromatic heterocycles. The summed E-state index contributed by atoms with van der Waals surface area (Å²) in [6.07, 6.45) is 0. The van der Waals surface area contributed by atoms with E-state index in [1.807, 2.05) is 6.07 Å². The highest BCUT2D eigenvalue weighted by atomic mass is 32.2. The molecule has 1 aromatic carbocycles. The lowest BCUT2D eigenvalue weighted by molar-refractivity contribution is 0.474. The summed E-state index contributed by atoms with van der Waals surface area (Å²) in [5.41, 5.74) is 0.893. The summed E-state index contributed by atoms with van der Waals surface area (Å²) in [6.45, 7) is 0.804. The van der Waals surface area contributed by atoms with Gasteiger partial charge in [0.15, 0.2) is 0 Å². The Morgan fingerprint density at radius 2 is 2.13 bits per heavy atom. The number of primary sulfonamides is 1. The van der Waals surface area contributed by atoms with Gasteiger partial charge >= 0.3 is 0 Å². The van der Waals surface area contributed by atoms with E-state index in [2.05, 4.69) is 5.32 Å². The molecule has 5 nitrogen and oxygen atoms in total. The molecule has 15 heavy (non-hydrogen) atoms. The van der Waals surface area contributed by atoms with Crippen LogP contribution in [0.3, 0.4) is 0 Å². The molecular formula is C9H14N2O3S. The third kappa shape index (κ3) is 5.36. The molecule has 84 valence electrons. The normalized spacial score (nSPS) is 11.5. The molecule has 0 saturated heterocycles. The standard InChI is InChI=1S/C9H14N2O3S/c10-15(13,14)5-4-11-7-8-2-1-3-9(12)6-8/h1-3,6,11-12H,4-5,7H2,(H2,10,13,14). The molecule has 0 unspecified atom stereocenters. The van der Waals surface area contributed by atoms with Crippen LogP contribution in [-0.4, -0.2) is 25.8 Å². The van der Waals surface area contributed by atoms with Crippen LogP contribution in [0.5, 0.6) is 5.75 Å². The molecule has 0 radical (unpaired) electrons. The first-order chi connectivity index (χ1) is 6.97. The van der Waals surface area contributed by atoms with E-state index in [1.54, 1.807) is 18.2 Å². The highest BCUT2D eigenvalue weighted by molar-refractivity contribution is 7.89. The van der Waals surface area contributed by atoms with Crippen molar-refractivity contribution in [2.75, 3.05) is 12.3 Å². The van der Waals surface area contributed by atoms with Gasteiger partial charge in [-0.1, -0.05) is 12.1 Å². The molecular weight excluding hydrogens is 216 g/mol. The van der Waals surface area contributed by atoms with Gasteiger partial charge < -0.3 is 10.4 Å². The van der Waals surface area contributed by atoms with Crippen molar-refractivity contribution < 1.29 is 13.5 Å². The molecule has 0 fully saturated rings. The van der Waals surface area contributed by atoms with Gasteiger partial charge in [-0.2, -0.15) is 0 Å². The molecule has 1 rings (SSSR count). The fourth-order valence-electron chi connectivity index (χ4n) is 1.11. The maximum atomic E-state index is 10.6. The molecule has 0 bridgehead atoms. The quantitative estimate of drug-likeness (QED) is 0.609. The Morgan fingerprint density at radius 1 is 1.40 bits per heavy atom. The molecule has 0 aliphatic heterocycles. The van der Waals surface area contributed by atoms with Gasteiger partial charge in [-0.25, -0.2) is 13.6 Å². The van der Waals surface area contributed by atoms with E-state index in [1.165, 1.54) is 0 Å². The van der Waals surface area contributed by atoms with Gasteiger partial charge in [0.2, 0.25) is 10.0 Å². The Bertz CT molecular complexity index is 417. The summed E-state index contributed by atoms with van der Waals surface area (Å²) in [5.74, 6) is 0.104. The second-order valence-electron chi connectivity index (χ2n) is 3.21. The van der Waals surface area contributed by atoms with E-state index in [0.717, 1.165) is 5.56 Å². The van der Waals surface area contributed by atoms with E-state index in [9.17, 15) is 8.42 Å². The van der Waals surface area contributed by atoms with Gasteiger partial charge in [0, 0.05) is 13.1 Å². The van der Waals surface area contributed by atoms with Crippen molar-refractivity contribution in [3.8, 4) is 5.75 Å². The lowest BCUT2D eigenvalue weighted by Crippen LogP contribution is -2.26. The predicted molar refractivity (Wildman–Crippen MR) is 57.8 cm³/mol. The zero-order valence-corrected chi connectivity index (χ0v) is 9.00. The van der Waals surface area contributed by atoms with E-state index < -0.39 is 10.0 Å². The molecule has 0 atom stereocenters. The summed E-state index contributed by atoms with van der Waals surface area (Å²) in [4.78, 5) is 0. The van der Waals surface area contributed by atoms with Gasteiger partial charge in [-0.15, -0.1) is 0 Å². The number of nitrogens with two attached hydrogens (primary N) is 1. The fraction of sp³-hybridized carbons (Fsp3) is 0.333. The van der Waals surface area contributed by atoms with Crippen molar-refractivity contribution in [3.63, 3.8) is 0 Å². The third-order valence-electron chi connectivity index (χ3n) is 1.80. The summed E-state index contributed by atoms with van der Waals surface area (Å²) in [7, 11) is -3.40. The maximum Gasteiger partial charge on any atom is 0.210 e. The number of phenolic OH excluding ortho intramolecular Hbond substituents is 1. The minimum atomic E-state index is -3.40. The van der Waals surface area contributed by atoms with Crippen molar-refractivity contribution in [1.29, 1.82) is 0 Å². The van der Waals surface area contributed by atoms with Crippen LogP contribution in [0.4, 0.5) is 0 Å². The lowest BCUT2D eigenvalue weighted by Gasteiger charge is -2.04. The molecule has 4 N–H and O–H groups in total. The number of rotatable bonds is 5. The first-order valence-electron chi connectivity index (χ1n) is 4.46. The van der Waals surface area contributed by atoms with E-state index in [0.29, 0.717) is 13.1 Å². The van der Waals surface area contributed by atoms with E-state index in [-0.39, 0.29) is 11.5 Å². The fourth-order valence-corrected chi connectivity index (χ4v) is 1.54. The number of phenols is 1. The SMILES string of the molecule is NS(=O)(=O)CCNCc1cccc(O)c1. The number of sulfonamides is 1. The number of hydrogen-bond acceptors (Lipinski definition) is 4. The molecule has 6 heteroatoms. The smallest absolute Gasteiger partial charge is 0.210 e. The predicted octanol–water partition coefficient (Wildman–Crippen LogP) is -0.230. The van der Waals surface area contributed by atoms with Crippen LogP contribution in [-0.2, 0) is 16.6 Å². The summed E-state index contributed by atoms with van der Waals surface area (Å²) in [6, 6.07) is 6.76. The number of nitrogens with one attached hydrogen (secondary N) is 1. The second-order valence-corrected chi connectivity index (χ2v) is 4.95. The highest BCUT2D eigenvalue weighted by Crippen LogP contribution is 2.10. The van der Waals surface area contributed by atoms with E-state index in [4.69, 9.17) is 10.2 Å². The van der Waals surface area contributed by atoms with Crippen molar-refractivity contribution in [1.82, 2.24) is 5.32 Å². The Morgan fingerprint density at radius 3 is 2.73 bits per heavy atom. The summed E-state index contributed by atoms with van der Waals surface area (Å²) < 4.78 is 21.2. The molecule has 0 saturated carbocycles. The van der Waals surface area contributed by atoms with Gasteiger partial charge in [-0.3, -0.25) is 0 Å². The topological polar surface area (TPSA) is 92.4 Å². The Labute approximate surface area is 89.0 Å². The van der Waals surface area contributed by atoms with Crippen LogP contribution in [0.2, 0.25) is 0 Å². The van der Waals surface area contributed by atoms with Crippen LogP contribution in [0.25, 0.3) is 0 Å². The number of aromatic hydroxyl groups is 1. The zero-order chi connectivity index (χ0) is 11.3. The van der Waals surface area contributed by atoms with Gasteiger partial charge in [0.25, 0.3) is 0 Å². The van der Waals surface area contributed by atoms with Crippen LogP contribution in [0.1, 0.15) is 5.56 Å². The number of benzene rings is 1. The Kier molecular flexibility index (Phi) is 4.07. The van der Waals surface area contributed by atoms with Gasteiger partial charge in [0.05, 0.1) is 5.75 Å². The summed E-state index contributed by atoms with van der Waals surface area (Å²) in [5, 5.41) is 16.9. The molecule has 0 amide bonds. The molecule has 0 aliphatic rings. The third-order valence-corrected chi connectivity index (χ3v) is 2.58. The maximum absolute atomic E-state index is 10.6. The van der Waals surface area contributed by atoms with Crippen molar-refractivity contribution >= 4 is 10.0 Å². The largest absolute Gasteiger partial charge is 0.508 e. The van der Waals surface area contributed by atoms with Gasteiger partial charge in [-0.05, 0) is 17.7 Å². The van der Waals surface area contributed by atoms with Crippen LogP contribution < -0.4 is 10.5 Å². The molecule has 0 aliphatic carbocycles. The van der Waals surface area contributed by atoms with Crippen LogP contribution in [0.15, 0.2) is 24.3 Å². The van der Waals surface area contributed by atoms with Crippen LogP contribution >= 0.6 is 0 Å². The zero-order valence-electron chi connectivity index (χ0n) is 8.18. The first kappa shape index (κ1) is 12.0. The Hall–Kier alpha value is -1.11. The number of hydrogen-bond donors (Lipinski definition) is 3. The minimum Gasteiger partial charge on any atom is -0.508 e. The van der Waals surface area contributed by atoms with Crippen molar-refractivity contribution in [2.45, 2.75) is 6.54 Å². The van der Waals surface area contributed by atoms with Gasteiger partial charge in [0.1, 0.15) is 5.75 Å². The highest BCUT2D eigenvalue weighted by Gasteiger charge is 2.01. The monoisotopic (exact) mass is 230 g/mol. The van der Waals surface area contributed by atoms with E-state index >= 15 is 0 Å². The lowest BCUT2D eigenvalue weighted by atomic mass is 10.2. The van der Waals surface area contributed by atoms with Crippen LogP contribution in [0, 0.1) is 0 Å².